The average molecular weight is 324 g/mol. The highest BCUT2D eigenvalue weighted by molar-refractivity contribution is 5.50. The lowest BCUT2D eigenvalue weighted by molar-refractivity contribution is -0.385. The van der Waals surface area contributed by atoms with E-state index >= 15 is 0 Å². The number of rotatable bonds is 11. The molecule has 0 amide bonds. The second-order valence-corrected chi connectivity index (χ2v) is 5.29. The van der Waals surface area contributed by atoms with Gasteiger partial charge in [-0.2, -0.15) is 0 Å². The van der Waals surface area contributed by atoms with E-state index in [0.717, 1.165) is 32.4 Å². The maximum atomic E-state index is 11.1. The van der Waals surface area contributed by atoms with Gasteiger partial charge in [0.25, 0.3) is 0 Å². The van der Waals surface area contributed by atoms with E-state index in [1.807, 2.05) is 6.92 Å². The Morgan fingerprint density at radius 1 is 1.22 bits per heavy atom. The van der Waals surface area contributed by atoms with Gasteiger partial charge in [-0.15, -0.1) is 0 Å². The molecule has 0 aromatic heterocycles. The molecular formula is C17H28N2O4. The van der Waals surface area contributed by atoms with Gasteiger partial charge in [0.2, 0.25) is 5.75 Å². The Morgan fingerprint density at radius 3 is 2.43 bits per heavy atom. The van der Waals surface area contributed by atoms with E-state index in [0.29, 0.717) is 12.4 Å². The zero-order chi connectivity index (χ0) is 17.2. The summed E-state index contributed by atoms with van der Waals surface area (Å²) in [6, 6.07) is 4.71. The summed E-state index contributed by atoms with van der Waals surface area (Å²) >= 11 is 0. The second-order valence-electron chi connectivity index (χ2n) is 5.29. The maximum absolute atomic E-state index is 11.1. The van der Waals surface area contributed by atoms with Crippen molar-refractivity contribution >= 4 is 5.69 Å². The molecule has 0 aliphatic rings. The summed E-state index contributed by atoms with van der Waals surface area (Å²) in [5.41, 5.74) is -0.0238. The molecule has 0 saturated carbocycles. The lowest BCUT2D eigenvalue weighted by Gasteiger charge is -2.29. The van der Waals surface area contributed by atoms with Crippen LogP contribution in [0.4, 0.5) is 5.69 Å². The smallest absolute Gasteiger partial charge is 0.311 e. The van der Waals surface area contributed by atoms with Crippen molar-refractivity contribution in [2.45, 2.75) is 53.2 Å². The van der Waals surface area contributed by atoms with Crippen LogP contribution in [0.15, 0.2) is 18.2 Å². The SMILES string of the molecule is CCCCOc1cc(OC(CC)N(CC)CC)ccc1[N+](=O)[O-]. The summed E-state index contributed by atoms with van der Waals surface area (Å²) < 4.78 is 11.6. The van der Waals surface area contributed by atoms with Crippen molar-refractivity contribution in [3.8, 4) is 11.5 Å². The van der Waals surface area contributed by atoms with Crippen molar-refractivity contribution in [1.82, 2.24) is 4.90 Å². The molecule has 1 unspecified atom stereocenters. The van der Waals surface area contributed by atoms with Gasteiger partial charge in [-0.25, -0.2) is 0 Å². The Labute approximate surface area is 138 Å². The molecule has 6 heteroatoms. The Hall–Kier alpha value is -1.82. The summed E-state index contributed by atoms with van der Waals surface area (Å²) in [4.78, 5) is 12.9. The van der Waals surface area contributed by atoms with Crippen molar-refractivity contribution in [2.24, 2.45) is 0 Å². The Morgan fingerprint density at radius 2 is 1.91 bits per heavy atom. The fourth-order valence-corrected chi connectivity index (χ4v) is 2.36. The van der Waals surface area contributed by atoms with Crippen LogP contribution in [0.1, 0.15) is 47.0 Å². The third-order valence-electron chi connectivity index (χ3n) is 3.72. The molecule has 1 atom stereocenters. The number of unbranched alkanes of at least 4 members (excludes halogenated alkanes) is 1. The van der Waals surface area contributed by atoms with Crippen LogP contribution in [-0.2, 0) is 0 Å². The van der Waals surface area contributed by atoms with E-state index in [1.165, 1.54) is 6.07 Å². The van der Waals surface area contributed by atoms with Gasteiger partial charge in [0.05, 0.1) is 11.5 Å². The molecule has 0 aliphatic carbocycles. The highest BCUT2D eigenvalue weighted by Crippen LogP contribution is 2.32. The summed E-state index contributed by atoms with van der Waals surface area (Å²) in [6.45, 7) is 10.5. The van der Waals surface area contributed by atoms with Gasteiger partial charge in [-0.05, 0) is 32.0 Å². The third kappa shape index (κ3) is 5.71. The number of nitro benzene ring substituents is 1. The van der Waals surface area contributed by atoms with E-state index in [4.69, 9.17) is 9.47 Å². The number of hydrogen-bond acceptors (Lipinski definition) is 5. The van der Waals surface area contributed by atoms with Gasteiger partial charge >= 0.3 is 5.69 Å². The van der Waals surface area contributed by atoms with E-state index in [9.17, 15) is 10.1 Å². The standard InChI is InChI=1S/C17H28N2O4/c1-5-9-12-22-16-13-14(10-11-15(16)19(20)21)23-17(6-2)18(7-3)8-4/h10-11,13,17H,5-9,12H2,1-4H3. The number of benzene rings is 1. The number of nitrogens with zero attached hydrogens (tertiary/aromatic N) is 2. The maximum Gasteiger partial charge on any atom is 0.311 e. The molecular weight excluding hydrogens is 296 g/mol. The van der Waals surface area contributed by atoms with E-state index in [-0.39, 0.29) is 17.7 Å². The van der Waals surface area contributed by atoms with Gasteiger partial charge in [0.1, 0.15) is 5.75 Å². The van der Waals surface area contributed by atoms with Crippen LogP contribution in [0.5, 0.6) is 11.5 Å². The first kappa shape index (κ1) is 19.2. The van der Waals surface area contributed by atoms with Crippen molar-refractivity contribution in [3.63, 3.8) is 0 Å². The van der Waals surface area contributed by atoms with E-state index in [1.54, 1.807) is 12.1 Å². The van der Waals surface area contributed by atoms with Crippen LogP contribution in [-0.4, -0.2) is 35.7 Å². The topological polar surface area (TPSA) is 64.8 Å². The lowest BCUT2D eigenvalue weighted by atomic mass is 10.2. The largest absolute Gasteiger partial charge is 0.487 e. The highest BCUT2D eigenvalue weighted by atomic mass is 16.6. The van der Waals surface area contributed by atoms with Crippen LogP contribution in [0, 0.1) is 10.1 Å². The fourth-order valence-electron chi connectivity index (χ4n) is 2.36. The molecule has 23 heavy (non-hydrogen) atoms. The quantitative estimate of drug-likeness (QED) is 0.264. The Balaban J connectivity index is 2.94. The molecule has 1 aromatic rings. The molecule has 0 radical (unpaired) electrons. The third-order valence-corrected chi connectivity index (χ3v) is 3.72. The molecule has 0 fully saturated rings. The molecule has 0 saturated heterocycles. The van der Waals surface area contributed by atoms with Crippen LogP contribution in [0.25, 0.3) is 0 Å². The van der Waals surface area contributed by atoms with Crippen LogP contribution >= 0.6 is 0 Å². The first-order valence-corrected chi connectivity index (χ1v) is 8.39. The molecule has 130 valence electrons. The Bertz CT molecular complexity index is 489. The van der Waals surface area contributed by atoms with Gasteiger partial charge in [0.15, 0.2) is 6.23 Å². The second kappa shape index (κ2) is 10.0. The summed E-state index contributed by atoms with van der Waals surface area (Å²) in [6.07, 6.45) is 2.63. The Kier molecular flexibility index (Phi) is 8.40. The van der Waals surface area contributed by atoms with Gasteiger partial charge in [-0.1, -0.05) is 34.1 Å². The zero-order valence-electron chi connectivity index (χ0n) is 14.6. The van der Waals surface area contributed by atoms with E-state index in [2.05, 4.69) is 25.7 Å². The molecule has 0 bridgehead atoms. The van der Waals surface area contributed by atoms with Crippen LogP contribution < -0.4 is 9.47 Å². The zero-order valence-corrected chi connectivity index (χ0v) is 14.6. The molecule has 0 aliphatic heterocycles. The van der Waals surface area contributed by atoms with Gasteiger partial charge in [0, 0.05) is 12.1 Å². The first-order chi connectivity index (χ1) is 11.1. The minimum atomic E-state index is -0.424. The van der Waals surface area contributed by atoms with Crippen molar-refractivity contribution in [1.29, 1.82) is 0 Å². The summed E-state index contributed by atoms with van der Waals surface area (Å²) in [5, 5.41) is 11.1. The van der Waals surface area contributed by atoms with Crippen molar-refractivity contribution < 1.29 is 14.4 Å². The molecule has 0 heterocycles. The number of nitro groups is 1. The number of ether oxygens (including phenoxy) is 2. The predicted octanol–water partition coefficient (Wildman–Crippen LogP) is 4.23. The molecule has 0 spiro atoms. The van der Waals surface area contributed by atoms with Crippen molar-refractivity contribution in [3.05, 3.63) is 28.3 Å². The number of hydrogen-bond donors (Lipinski definition) is 0. The van der Waals surface area contributed by atoms with Crippen LogP contribution in [0.3, 0.4) is 0 Å². The van der Waals surface area contributed by atoms with Gasteiger partial charge < -0.3 is 9.47 Å². The minimum absolute atomic E-state index is 0.0238. The van der Waals surface area contributed by atoms with E-state index < -0.39 is 4.92 Å². The van der Waals surface area contributed by atoms with Gasteiger partial charge in [-0.3, -0.25) is 15.0 Å². The summed E-state index contributed by atoms with van der Waals surface area (Å²) in [7, 11) is 0. The highest BCUT2D eigenvalue weighted by Gasteiger charge is 2.19. The predicted molar refractivity (Wildman–Crippen MR) is 91.1 cm³/mol. The lowest BCUT2D eigenvalue weighted by Crippen LogP contribution is -2.38. The van der Waals surface area contributed by atoms with Crippen LogP contribution in [0.2, 0.25) is 0 Å². The first-order valence-electron chi connectivity index (χ1n) is 8.39. The molecule has 0 N–H and O–H groups in total. The normalized spacial score (nSPS) is 12.2. The average Bonchev–Trinajstić information content (AvgIpc) is 2.55. The molecule has 1 rings (SSSR count). The van der Waals surface area contributed by atoms with Crippen molar-refractivity contribution in [2.75, 3.05) is 19.7 Å². The summed E-state index contributed by atoms with van der Waals surface area (Å²) in [5.74, 6) is 0.871. The fraction of sp³-hybridized carbons (Fsp3) is 0.647. The molecule has 6 nitrogen and oxygen atoms in total. The molecule has 1 aromatic carbocycles. The minimum Gasteiger partial charge on any atom is -0.487 e. The monoisotopic (exact) mass is 324 g/mol.